The third-order valence-corrected chi connectivity index (χ3v) is 4.72. The highest BCUT2D eigenvalue weighted by Crippen LogP contribution is 2.38. The Kier molecular flexibility index (Phi) is 4.17. The first-order valence-electron chi connectivity index (χ1n) is 8.62. The molecule has 0 radical (unpaired) electrons. The Morgan fingerprint density at radius 2 is 1.96 bits per heavy atom. The van der Waals surface area contributed by atoms with Gasteiger partial charge in [0.1, 0.15) is 5.56 Å². The van der Waals surface area contributed by atoms with E-state index in [1.54, 1.807) is 17.0 Å². The van der Waals surface area contributed by atoms with Gasteiger partial charge in [0, 0.05) is 19.2 Å². The molecule has 1 aromatic heterocycles. The topological polar surface area (TPSA) is 71.6 Å². The van der Waals surface area contributed by atoms with Gasteiger partial charge in [-0.25, -0.2) is 0 Å². The van der Waals surface area contributed by atoms with Crippen molar-refractivity contribution >= 4 is 5.91 Å². The number of benzene rings is 1. The van der Waals surface area contributed by atoms with Crippen molar-refractivity contribution in [2.75, 3.05) is 19.8 Å². The predicted octanol–water partition coefficient (Wildman–Crippen LogP) is 2.51. The van der Waals surface area contributed by atoms with Crippen molar-refractivity contribution in [3.05, 3.63) is 58.0 Å². The number of hydrogen-bond donors (Lipinski definition) is 1. The van der Waals surface area contributed by atoms with Gasteiger partial charge in [0.05, 0.1) is 19.3 Å². The lowest BCUT2D eigenvalue weighted by atomic mass is 10.0. The fourth-order valence-electron chi connectivity index (χ4n) is 3.49. The number of aromatic amines is 1. The number of amides is 1. The highest BCUT2D eigenvalue weighted by atomic mass is 16.5. The van der Waals surface area contributed by atoms with Crippen molar-refractivity contribution in [2.24, 2.45) is 0 Å². The second-order valence-electron chi connectivity index (χ2n) is 6.33. The summed E-state index contributed by atoms with van der Waals surface area (Å²) in [6, 6.07) is 9.05. The average molecular weight is 340 g/mol. The molecule has 0 aliphatic carbocycles. The zero-order valence-electron chi connectivity index (χ0n) is 13.9. The number of likely N-dealkylation sites (tertiary alicyclic amines) is 1. The number of ether oxygens (including phenoxy) is 2. The van der Waals surface area contributed by atoms with E-state index >= 15 is 0 Å². The first kappa shape index (κ1) is 15.7. The molecule has 1 atom stereocenters. The summed E-state index contributed by atoms with van der Waals surface area (Å²) in [5, 5.41) is 0. The van der Waals surface area contributed by atoms with Gasteiger partial charge in [0.2, 0.25) is 0 Å². The molecule has 130 valence electrons. The highest BCUT2D eigenvalue weighted by Gasteiger charge is 2.32. The van der Waals surface area contributed by atoms with E-state index in [9.17, 15) is 9.59 Å². The summed E-state index contributed by atoms with van der Waals surface area (Å²) in [6.45, 7) is 1.92. The number of pyridine rings is 1. The van der Waals surface area contributed by atoms with Crippen LogP contribution in [0.2, 0.25) is 0 Å². The molecule has 1 N–H and O–H groups in total. The first-order chi connectivity index (χ1) is 12.2. The molecule has 6 nitrogen and oxygen atoms in total. The molecule has 1 unspecified atom stereocenters. The van der Waals surface area contributed by atoms with Gasteiger partial charge in [0.25, 0.3) is 11.5 Å². The zero-order chi connectivity index (χ0) is 17.2. The van der Waals surface area contributed by atoms with Crippen molar-refractivity contribution in [1.82, 2.24) is 9.88 Å². The fourth-order valence-corrected chi connectivity index (χ4v) is 3.49. The highest BCUT2D eigenvalue weighted by molar-refractivity contribution is 5.94. The molecule has 1 aromatic carbocycles. The maximum absolute atomic E-state index is 12.8. The van der Waals surface area contributed by atoms with Gasteiger partial charge in [-0.05, 0) is 42.7 Å². The van der Waals surface area contributed by atoms with Crippen LogP contribution in [-0.4, -0.2) is 35.5 Å². The van der Waals surface area contributed by atoms with Crippen LogP contribution in [0.5, 0.6) is 11.5 Å². The number of H-pyrrole nitrogens is 1. The van der Waals surface area contributed by atoms with E-state index in [1.165, 1.54) is 6.20 Å². The van der Waals surface area contributed by atoms with Gasteiger partial charge in [-0.3, -0.25) is 9.59 Å². The molecule has 0 spiro atoms. The molecule has 2 aromatic rings. The molecule has 1 fully saturated rings. The molecule has 2 aliphatic heterocycles. The lowest BCUT2D eigenvalue weighted by molar-refractivity contribution is 0.0733. The molecular weight excluding hydrogens is 320 g/mol. The number of carbonyl (C=O) groups excluding carboxylic acids is 1. The minimum absolute atomic E-state index is 0.0516. The van der Waals surface area contributed by atoms with Crippen molar-refractivity contribution < 1.29 is 14.3 Å². The Bertz CT molecular complexity index is 845. The Balaban J connectivity index is 1.64. The van der Waals surface area contributed by atoms with Crippen LogP contribution in [0.1, 0.15) is 41.2 Å². The molecular formula is C19H20N2O4. The predicted molar refractivity (Wildman–Crippen MR) is 92.1 cm³/mol. The Morgan fingerprint density at radius 3 is 2.80 bits per heavy atom. The van der Waals surface area contributed by atoms with E-state index in [-0.39, 0.29) is 23.1 Å². The number of nitrogens with zero attached hydrogens (tertiary/aromatic N) is 1. The Morgan fingerprint density at radius 1 is 1.12 bits per heavy atom. The normalized spacial score (nSPS) is 19.5. The maximum Gasteiger partial charge on any atom is 0.260 e. The maximum atomic E-state index is 12.8. The van der Waals surface area contributed by atoms with Gasteiger partial charge in [-0.1, -0.05) is 6.07 Å². The minimum atomic E-state index is -0.350. The third-order valence-electron chi connectivity index (χ3n) is 4.72. The number of nitrogens with one attached hydrogen (secondary N) is 1. The van der Waals surface area contributed by atoms with E-state index in [1.807, 2.05) is 18.2 Å². The van der Waals surface area contributed by atoms with Crippen LogP contribution in [-0.2, 0) is 0 Å². The van der Waals surface area contributed by atoms with Gasteiger partial charge in [-0.15, -0.1) is 0 Å². The smallest absolute Gasteiger partial charge is 0.260 e. The molecule has 6 heteroatoms. The largest absolute Gasteiger partial charge is 0.490 e. The fraction of sp³-hybridized carbons (Fsp3) is 0.368. The Hall–Kier alpha value is -2.76. The van der Waals surface area contributed by atoms with Crippen molar-refractivity contribution in [2.45, 2.75) is 25.3 Å². The second-order valence-corrected chi connectivity index (χ2v) is 6.33. The van der Waals surface area contributed by atoms with Gasteiger partial charge in [-0.2, -0.15) is 0 Å². The van der Waals surface area contributed by atoms with E-state index in [4.69, 9.17) is 9.47 Å². The molecule has 2 aliphatic rings. The SMILES string of the molecule is O=C(c1ccc[nH]c1=O)N1CCCC1c1ccc2c(c1)OCCCO2. The standard InChI is InChI=1S/C19H20N2O4/c22-18-14(4-1-8-20-18)19(23)21-9-2-5-15(21)13-6-7-16-17(12-13)25-11-3-10-24-16/h1,4,6-8,12,15H,2-3,5,9-11H2,(H,20,22). The molecule has 4 rings (SSSR count). The quantitative estimate of drug-likeness (QED) is 0.912. The Labute approximate surface area is 145 Å². The first-order valence-corrected chi connectivity index (χ1v) is 8.62. The number of fused-ring (bicyclic) bond motifs is 1. The number of rotatable bonds is 2. The van der Waals surface area contributed by atoms with Crippen LogP contribution in [0.25, 0.3) is 0 Å². The molecule has 1 amide bonds. The lowest BCUT2D eigenvalue weighted by Crippen LogP contribution is -2.34. The van der Waals surface area contributed by atoms with Crippen LogP contribution in [0.3, 0.4) is 0 Å². The van der Waals surface area contributed by atoms with Gasteiger partial charge in [0.15, 0.2) is 11.5 Å². The number of carbonyl (C=O) groups is 1. The summed E-state index contributed by atoms with van der Waals surface area (Å²) in [5.74, 6) is 1.25. The lowest BCUT2D eigenvalue weighted by Gasteiger charge is -2.25. The van der Waals surface area contributed by atoms with E-state index in [2.05, 4.69) is 4.98 Å². The zero-order valence-corrected chi connectivity index (χ0v) is 13.9. The molecule has 1 saturated heterocycles. The van der Waals surface area contributed by atoms with Crippen LogP contribution < -0.4 is 15.0 Å². The van der Waals surface area contributed by atoms with E-state index < -0.39 is 0 Å². The summed E-state index contributed by atoms with van der Waals surface area (Å²) < 4.78 is 11.4. The van der Waals surface area contributed by atoms with Crippen molar-refractivity contribution in [1.29, 1.82) is 0 Å². The molecule has 3 heterocycles. The summed E-state index contributed by atoms with van der Waals surface area (Å²) in [4.78, 5) is 29.1. The second kappa shape index (κ2) is 6.63. The van der Waals surface area contributed by atoms with Gasteiger partial charge >= 0.3 is 0 Å². The van der Waals surface area contributed by atoms with Crippen LogP contribution in [0.15, 0.2) is 41.3 Å². The summed E-state index contributed by atoms with van der Waals surface area (Å²) >= 11 is 0. The molecule has 0 saturated carbocycles. The average Bonchev–Trinajstić information content (AvgIpc) is 3.00. The van der Waals surface area contributed by atoms with Crippen LogP contribution >= 0.6 is 0 Å². The number of aromatic nitrogens is 1. The third kappa shape index (κ3) is 2.99. The minimum Gasteiger partial charge on any atom is -0.490 e. The van der Waals surface area contributed by atoms with Crippen LogP contribution in [0, 0.1) is 0 Å². The van der Waals surface area contributed by atoms with Crippen molar-refractivity contribution in [3.8, 4) is 11.5 Å². The van der Waals surface area contributed by atoms with Crippen molar-refractivity contribution in [3.63, 3.8) is 0 Å². The molecule has 0 bridgehead atoms. The monoisotopic (exact) mass is 340 g/mol. The summed E-state index contributed by atoms with van der Waals surface area (Å²) in [7, 11) is 0. The summed E-state index contributed by atoms with van der Waals surface area (Å²) in [5.41, 5.74) is 0.850. The van der Waals surface area contributed by atoms with E-state index in [0.717, 1.165) is 36.3 Å². The van der Waals surface area contributed by atoms with Gasteiger partial charge < -0.3 is 19.4 Å². The van der Waals surface area contributed by atoms with Crippen LogP contribution in [0.4, 0.5) is 0 Å². The number of hydrogen-bond acceptors (Lipinski definition) is 4. The molecule has 25 heavy (non-hydrogen) atoms. The van der Waals surface area contributed by atoms with E-state index in [0.29, 0.717) is 19.8 Å². The summed E-state index contributed by atoms with van der Waals surface area (Å²) in [6.07, 6.45) is 4.17.